The molecule has 0 atom stereocenters. The number of anilines is 1. The number of nitrogens with two attached hydrogens (primary N) is 1. The summed E-state index contributed by atoms with van der Waals surface area (Å²) in [5.74, 6) is 0. The van der Waals surface area contributed by atoms with Crippen LogP contribution in [0.5, 0.6) is 0 Å². The van der Waals surface area contributed by atoms with Crippen molar-refractivity contribution >= 4 is 12.0 Å². The third-order valence-electron chi connectivity index (χ3n) is 3.42. The predicted octanol–water partition coefficient (Wildman–Crippen LogP) is 2.91. The second-order valence-corrected chi connectivity index (χ2v) is 4.98. The lowest BCUT2D eigenvalue weighted by Gasteiger charge is -2.08. The summed E-state index contributed by atoms with van der Waals surface area (Å²) in [6, 6.07) is 9.39. The van der Waals surface area contributed by atoms with Crippen LogP contribution in [0.4, 0.5) is 5.69 Å². The van der Waals surface area contributed by atoms with E-state index in [1.807, 2.05) is 31.2 Å². The summed E-state index contributed by atoms with van der Waals surface area (Å²) in [6.07, 6.45) is 5.57. The van der Waals surface area contributed by atoms with Gasteiger partial charge in [-0.1, -0.05) is 6.07 Å². The van der Waals surface area contributed by atoms with Gasteiger partial charge in [0.25, 0.3) is 0 Å². The number of aryl methyl sites for hydroxylation is 1. The first-order chi connectivity index (χ1) is 10.7. The normalized spacial score (nSPS) is 10.4. The number of nitrogens with zero attached hydrogens (tertiary/aromatic N) is 3. The SMILES string of the molecule is Cc1ccc(N)cc1-c1cncc(-c2cc(C=O)ncn2)c1. The van der Waals surface area contributed by atoms with Gasteiger partial charge in [0.15, 0.2) is 6.29 Å². The number of carbonyl (C=O) groups excluding carboxylic acids is 1. The maximum Gasteiger partial charge on any atom is 0.168 e. The number of hydrogen-bond donors (Lipinski definition) is 1. The molecule has 0 bridgehead atoms. The Morgan fingerprint density at radius 2 is 1.86 bits per heavy atom. The van der Waals surface area contributed by atoms with Crippen molar-refractivity contribution in [2.45, 2.75) is 6.92 Å². The van der Waals surface area contributed by atoms with Gasteiger partial charge < -0.3 is 5.73 Å². The van der Waals surface area contributed by atoms with E-state index in [-0.39, 0.29) is 0 Å². The number of pyridine rings is 1. The minimum Gasteiger partial charge on any atom is -0.399 e. The van der Waals surface area contributed by atoms with Gasteiger partial charge in [-0.3, -0.25) is 9.78 Å². The zero-order chi connectivity index (χ0) is 15.5. The van der Waals surface area contributed by atoms with Crippen LogP contribution in [0.1, 0.15) is 16.1 Å². The molecule has 5 heteroatoms. The lowest BCUT2D eigenvalue weighted by molar-refractivity contribution is 0.111. The van der Waals surface area contributed by atoms with Crippen LogP contribution in [0.15, 0.2) is 49.1 Å². The zero-order valence-electron chi connectivity index (χ0n) is 12.0. The van der Waals surface area contributed by atoms with E-state index < -0.39 is 0 Å². The van der Waals surface area contributed by atoms with Gasteiger partial charge in [0.1, 0.15) is 12.0 Å². The fraction of sp³-hybridized carbons (Fsp3) is 0.0588. The van der Waals surface area contributed by atoms with Crippen LogP contribution in [0.25, 0.3) is 22.4 Å². The Balaban J connectivity index is 2.09. The summed E-state index contributed by atoms with van der Waals surface area (Å²) < 4.78 is 0. The Morgan fingerprint density at radius 3 is 2.68 bits per heavy atom. The molecule has 22 heavy (non-hydrogen) atoms. The first-order valence-corrected chi connectivity index (χ1v) is 6.76. The lowest BCUT2D eigenvalue weighted by Crippen LogP contribution is -1.93. The molecular formula is C17H14N4O. The van der Waals surface area contributed by atoms with E-state index in [0.29, 0.717) is 23.4 Å². The van der Waals surface area contributed by atoms with Crippen LogP contribution in [0.3, 0.4) is 0 Å². The Kier molecular flexibility index (Phi) is 3.62. The van der Waals surface area contributed by atoms with E-state index in [9.17, 15) is 4.79 Å². The fourth-order valence-corrected chi connectivity index (χ4v) is 2.27. The molecule has 5 nitrogen and oxygen atoms in total. The molecule has 0 aliphatic heterocycles. The van der Waals surface area contributed by atoms with Crippen LogP contribution < -0.4 is 5.73 Å². The Bertz CT molecular complexity index is 846. The highest BCUT2D eigenvalue weighted by molar-refractivity contribution is 5.77. The molecule has 3 aromatic rings. The van der Waals surface area contributed by atoms with Crippen LogP contribution in [0.2, 0.25) is 0 Å². The summed E-state index contributed by atoms with van der Waals surface area (Å²) in [5, 5.41) is 0. The monoisotopic (exact) mass is 290 g/mol. The minimum absolute atomic E-state index is 0.343. The molecule has 0 amide bonds. The van der Waals surface area contributed by atoms with Gasteiger partial charge in [0, 0.05) is 29.2 Å². The molecule has 0 aliphatic rings. The minimum atomic E-state index is 0.343. The van der Waals surface area contributed by atoms with Crippen molar-refractivity contribution in [3.63, 3.8) is 0 Å². The number of benzene rings is 1. The fourth-order valence-electron chi connectivity index (χ4n) is 2.27. The smallest absolute Gasteiger partial charge is 0.168 e. The summed E-state index contributed by atoms with van der Waals surface area (Å²) in [6.45, 7) is 2.02. The van der Waals surface area contributed by atoms with Crippen molar-refractivity contribution in [3.8, 4) is 22.4 Å². The van der Waals surface area contributed by atoms with Crippen LogP contribution in [0, 0.1) is 6.92 Å². The Labute approximate surface area is 127 Å². The first-order valence-electron chi connectivity index (χ1n) is 6.76. The van der Waals surface area contributed by atoms with Gasteiger partial charge in [0.2, 0.25) is 0 Å². The van der Waals surface area contributed by atoms with Gasteiger partial charge in [-0.05, 0) is 42.3 Å². The maximum atomic E-state index is 10.8. The highest BCUT2D eigenvalue weighted by atomic mass is 16.1. The molecule has 1 aromatic carbocycles. The highest BCUT2D eigenvalue weighted by Gasteiger charge is 2.07. The molecule has 0 fully saturated rings. The van der Waals surface area contributed by atoms with Crippen molar-refractivity contribution in [1.82, 2.24) is 15.0 Å². The summed E-state index contributed by atoms with van der Waals surface area (Å²) in [7, 11) is 0. The summed E-state index contributed by atoms with van der Waals surface area (Å²) >= 11 is 0. The van der Waals surface area contributed by atoms with Crippen LogP contribution >= 0.6 is 0 Å². The predicted molar refractivity (Wildman–Crippen MR) is 85.2 cm³/mol. The number of carbonyl (C=O) groups is 1. The molecule has 0 saturated heterocycles. The maximum absolute atomic E-state index is 10.8. The zero-order valence-corrected chi connectivity index (χ0v) is 12.0. The number of hydrogen-bond acceptors (Lipinski definition) is 5. The number of nitrogen functional groups attached to an aromatic ring is 1. The van der Waals surface area contributed by atoms with E-state index in [1.54, 1.807) is 18.5 Å². The first kappa shape index (κ1) is 13.9. The van der Waals surface area contributed by atoms with Crippen molar-refractivity contribution < 1.29 is 4.79 Å². The Hall–Kier alpha value is -3.08. The average Bonchev–Trinajstić information content (AvgIpc) is 2.57. The topological polar surface area (TPSA) is 81.8 Å². The van der Waals surface area contributed by atoms with Gasteiger partial charge in [-0.15, -0.1) is 0 Å². The molecule has 2 aromatic heterocycles. The molecular weight excluding hydrogens is 276 g/mol. The average molecular weight is 290 g/mol. The van der Waals surface area contributed by atoms with Gasteiger partial charge in [0.05, 0.1) is 5.69 Å². The Morgan fingerprint density at radius 1 is 1.05 bits per heavy atom. The molecule has 0 unspecified atom stereocenters. The van der Waals surface area contributed by atoms with Gasteiger partial charge in [-0.2, -0.15) is 0 Å². The molecule has 108 valence electrons. The van der Waals surface area contributed by atoms with E-state index in [1.165, 1.54) is 6.33 Å². The van der Waals surface area contributed by atoms with E-state index in [4.69, 9.17) is 5.73 Å². The molecule has 0 radical (unpaired) electrons. The van der Waals surface area contributed by atoms with Crippen molar-refractivity contribution in [2.24, 2.45) is 0 Å². The second kappa shape index (κ2) is 5.73. The number of aromatic nitrogens is 3. The van der Waals surface area contributed by atoms with Crippen molar-refractivity contribution in [2.75, 3.05) is 5.73 Å². The van der Waals surface area contributed by atoms with E-state index in [2.05, 4.69) is 15.0 Å². The second-order valence-electron chi connectivity index (χ2n) is 4.98. The third kappa shape index (κ3) is 2.69. The van der Waals surface area contributed by atoms with Gasteiger partial charge >= 0.3 is 0 Å². The van der Waals surface area contributed by atoms with Crippen LogP contribution in [-0.2, 0) is 0 Å². The summed E-state index contributed by atoms with van der Waals surface area (Å²) in [4.78, 5) is 23.2. The molecule has 0 saturated carbocycles. The van der Waals surface area contributed by atoms with Crippen LogP contribution in [-0.4, -0.2) is 21.2 Å². The molecule has 2 N–H and O–H groups in total. The third-order valence-corrected chi connectivity index (χ3v) is 3.42. The largest absolute Gasteiger partial charge is 0.399 e. The number of aldehydes is 1. The molecule has 3 rings (SSSR count). The standard InChI is InChI=1S/C17H14N4O/c1-11-2-3-14(18)5-16(11)12-4-13(8-19-7-12)17-6-15(9-22)20-10-21-17/h2-10H,18H2,1H3. The van der Waals surface area contributed by atoms with Crippen molar-refractivity contribution in [3.05, 3.63) is 60.3 Å². The molecule has 2 heterocycles. The highest BCUT2D eigenvalue weighted by Crippen LogP contribution is 2.28. The van der Waals surface area contributed by atoms with E-state index in [0.717, 1.165) is 22.3 Å². The van der Waals surface area contributed by atoms with Gasteiger partial charge in [-0.25, -0.2) is 9.97 Å². The molecule has 0 spiro atoms. The molecule has 0 aliphatic carbocycles. The van der Waals surface area contributed by atoms with Crippen molar-refractivity contribution in [1.29, 1.82) is 0 Å². The van der Waals surface area contributed by atoms with E-state index >= 15 is 0 Å². The quantitative estimate of drug-likeness (QED) is 0.592. The number of rotatable bonds is 3. The lowest BCUT2D eigenvalue weighted by atomic mass is 9.99. The summed E-state index contributed by atoms with van der Waals surface area (Å²) in [5.41, 5.74) is 11.5.